The highest BCUT2D eigenvalue weighted by Gasteiger charge is 2.26. The van der Waals surface area contributed by atoms with Crippen LogP contribution in [0, 0.1) is 11.8 Å². The lowest BCUT2D eigenvalue weighted by Crippen LogP contribution is -2.45. The standard InChI is InChI=1S/C26H28N4O2/c1-18-12-19(2)15-28(14-18)24(31)17-30-26(32)25-22(13-27-30)21-10-6-7-11-23(21)29(25)16-20-8-4-3-5-9-20/h3-11,13,18-19H,12,14-17H2,1-2H3/t18-,19+. The molecule has 2 aromatic heterocycles. The Balaban J connectivity index is 1.57. The van der Waals surface area contributed by atoms with Crippen LogP contribution in [0.4, 0.5) is 0 Å². The Kier molecular flexibility index (Phi) is 5.29. The lowest BCUT2D eigenvalue weighted by Gasteiger charge is -2.35. The normalized spacial score (nSPS) is 19.0. The van der Waals surface area contributed by atoms with E-state index in [1.165, 1.54) is 4.68 Å². The van der Waals surface area contributed by atoms with E-state index in [0.717, 1.165) is 41.4 Å². The highest BCUT2D eigenvalue weighted by Crippen LogP contribution is 2.27. The Hall–Kier alpha value is -3.41. The Morgan fingerprint density at radius 2 is 1.66 bits per heavy atom. The summed E-state index contributed by atoms with van der Waals surface area (Å²) in [4.78, 5) is 28.5. The van der Waals surface area contributed by atoms with Crippen LogP contribution in [0.5, 0.6) is 0 Å². The Bertz CT molecular complexity index is 1330. The number of rotatable bonds is 4. The topological polar surface area (TPSA) is 60.1 Å². The van der Waals surface area contributed by atoms with Gasteiger partial charge in [0.05, 0.1) is 6.20 Å². The molecule has 1 aliphatic heterocycles. The van der Waals surface area contributed by atoms with E-state index in [2.05, 4.69) is 35.6 Å². The predicted molar refractivity (Wildman–Crippen MR) is 127 cm³/mol. The maximum atomic E-state index is 13.6. The summed E-state index contributed by atoms with van der Waals surface area (Å²) in [6.07, 6.45) is 2.86. The van der Waals surface area contributed by atoms with Crippen LogP contribution < -0.4 is 5.56 Å². The summed E-state index contributed by atoms with van der Waals surface area (Å²) in [7, 11) is 0. The van der Waals surface area contributed by atoms with Gasteiger partial charge in [0.25, 0.3) is 5.56 Å². The second-order valence-corrected chi connectivity index (χ2v) is 9.20. The van der Waals surface area contributed by atoms with E-state index in [-0.39, 0.29) is 18.0 Å². The molecule has 32 heavy (non-hydrogen) atoms. The van der Waals surface area contributed by atoms with E-state index in [4.69, 9.17) is 0 Å². The van der Waals surface area contributed by atoms with Crippen molar-refractivity contribution in [2.75, 3.05) is 13.1 Å². The number of hydrogen-bond donors (Lipinski definition) is 0. The summed E-state index contributed by atoms with van der Waals surface area (Å²) in [5.74, 6) is 0.912. The van der Waals surface area contributed by atoms with Gasteiger partial charge in [-0.3, -0.25) is 9.59 Å². The van der Waals surface area contributed by atoms with Gasteiger partial charge in [-0.1, -0.05) is 62.4 Å². The maximum absolute atomic E-state index is 13.6. The maximum Gasteiger partial charge on any atom is 0.291 e. The number of benzene rings is 2. The average molecular weight is 429 g/mol. The summed E-state index contributed by atoms with van der Waals surface area (Å²) in [5.41, 5.74) is 2.48. The first-order valence-corrected chi connectivity index (χ1v) is 11.3. The van der Waals surface area contributed by atoms with Crippen molar-refractivity contribution in [1.82, 2.24) is 19.2 Å². The van der Waals surface area contributed by atoms with Crippen molar-refractivity contribution < 1.29 is 4.79 Å². The van der Waals surface area contributed by atoms with Gasteiger partial charge in [0.1, 0.15) is 12.1 Å². The number of fused-ring (bicyclic) bond motifs is 3. The number of nitrogens with zero attached hydrogens (tertiary/aromatic N) is 4. The lowest BCUT2D eigenvalue weighted by atomic mass is 9.92. The lowest BCUT2D eigenvalue weighted by molar-refractivity contribution is -0.134. The highest BCUT2D eigenvalue weighted by molar-refractivity contribution is 6.07. The fourth-order valence-electron chi connectivity index (χ4n) is 5.13. The van der Waals surface area contributed by atoms with Crippen molar-refractivity contribution in [3.8, 4) is 0 Å². The molecule has 1 fully saturated rings. The molecule has 0 N–H and O–H groups in total. The number of hydrogen-bond acceptors (Lipinski definition) is 3. The van der Waals surface area contributed by atoms with Gasteiger partial charge in [0, 0.05) is 35.9 Å². The van der Waals surface area contributed by atoms with Gasteiger partial charge >= 0.3 is 0 Å². The highest BCUT2D eigenvalue weighted by atomic mass is 16.2. The van der Waals surface area contributed by atoms with Gasteiger partial charge in [-0.05, 0) is 29.9 Å². The third-order valence-electron chi connectivity index (χ3n) is 6.46. The molecule has 0 unspecified atom stereocenters. The number of piperidine rings is 1. The quantitative estimate of drug-likeness (QED) is 0.495. The Morgan fingerprint density at radius 3 is 2.41 bits per heavy atom. The van der Waals surface area contributed by atoms with Crippen LogP contribution >= 0.6 is 0 Å². The average Bonchev–Trinajstić information content (AvgIpc) is 3.10. The molecular weight excluding hydrogens is 400 g/mol. The molecule has 1 amide bonds. The van der Waals surface area contributed by atoms with Gasteiger partial charge in [-0.2, -0.15) is 5.10 Å². The number of carbonyl (C=O) groups excluding carboxylic acids is 1. The Labute approximate surface area is 187 Å². The molecule has 0 bridgehead atoms. The first-order valence-electron chi connectivity index (χ1n) is 11.3. The summed E-state index contributed by atoms with van der Waals surface area (Å²) in [6.45, 7) is 6.39. The molecule has 1 aliphatic rings. The summed E-state index contributed by atoms with van der Waals surface area (Å²) in [5, 5.41) is 6.22. The van der Waals surface area contributed by atoms with Crippen LogP contribution in [0.25, 0.3) is 21.8 Å². The van der Waals surface area contributed by atoms with Crippen molar-refractivity contribution in [1.29, 1.82) is 0 Å². The first kappa shape index (κ1) is 20.5. The van der Waals surface area contributed by atoms with Gasteiger partial charge in [0.2, 0.25) is 5.91 Å². The molecule has 0 radical (unpaired) electrons. The van der Waals surface area contributed by atoms with Crippen molar-refractivity contribution in [3.05, 3.63) is 76.7 Å². The van der Waals surface area contributed by atoms with Crippen LogP contribution in [-0.2, 0) is 17.9 Å². The van der Waals surface area contributed by atoms with E-state index in [1.807, 2.05) is 47.4 Å². The van der Waals surface area contributed by atoms with Gasteiger partial charge in [-0.25, -0.2) is 4.68 Å². The van der Waals surface area contributed by atoms with Crippen molar-refractivity contribution in [2.24, 2.45) is 11.8 Å². The van der Waals surface area contributed by atoms with Crippen LogP contribution in [0.2, 0.25) is 0 Å². The second-order valence-electron chi connectivity index (χ2n) is 9.20. The minimum atomic E-state index is -0.221. The van der Waals surface area contributed by atoms with Crippen LogP contribution in [-0.4, -0.2) is 38.2 Å². The van der Waals surface area contributed by atoms with Crippen LogP contribution in [0.3, 0.4) is 0 Å². The zero-order chi connectivity index (χ0) is 22.2. The minimum Gasteiger partial charge on any atom is -0.341 e. The molecule has 2 aromatic carbocycles. The molecule has 0 saturated carbocycles. The summed E-state index contributed by atoms with van der Waals surface area (Å²) >= 11 is 0. The molecule has 4 aromatic rings. The summed E-state index contributed by atoms with van der Waals surface area (Å²) < 4.78 is 3.38. The van der Waals surface area contributed by atoms with E-state index in [1.54, 1.807) is 6.20 Å². The predicted octanol–water partition coefficient (Wildman–Crippen LogP) is 3.90. The molecular formula is C26H28N4O2. The second kappa shape index (κ2) is 8.26. The van der Waals surface area contributed by atoms with Crippen LogP contribution in [0.15, 0.2) is 65.6 Å². The van der Waals surface area contributed by atoms with Crippen LogP contribution in [0.1, 0.15) is 25.8 Å². The van der Waals surface area contributed by atoms with Gasteiger partial charge < -0.3 is 9.47 Å². The van der Waals surface area contributed by atoms with E-state index >= 15 is 0 Å². The SMILES string of the molecule is C[C@@H]1C[C@H](C)CN(C(=O)Cn2ncc3c4ccccc4n(Cc4ccccc4)c3c2=O)C1. The molecule has 2 atom stereocenters. The minimum absolute atomic E-state index is 0.0267. The molecule has 0 aliphatic carbocycles. The number of likely N-dealkylation sites (tertiary alicyclic amines) is 1. The molecule has 1 saturated heterocycles. The number of carbonyl (C=O) groups is 1. The molecule has 0 spiro atoms. The third-order valence-corrected chi connectivity index (χ3v) is 6.46. The smallest absolute Gasteiger partial charge is 0.291 e. The van der Waals surface area contributed by atoms with E-state index in [9.17, 15) is 9.59 Å². The van der Waals surface area contributed by atoms with E-state index < -0.39 is 0 Å². The molecule has 6 nitrogen and oxygen atoms in total. The molecule has 6 heteroatoms. The monoisotopic (exact) mass is 428 g/mol. The summed E-state index contributed by atoms with van der Waals surface area (Å²) in [6, 6.07) is 18.1. The number of aromatic nitrogens is 3. The fourth-order valence-corrected chi connectivity index (χ4v) is 5.13. The van der Waals surface area contributed by atoms with Gasteiger partial charge in [0.15, 0.2) is 0 Å². The van der Waals surface area contributed by atoms with Gasteiger partial charge in [-0.15, -0.1) is 0 Å². The number of para-hydroxylation sites is 1. The molecule has 164 valence electrons. The molecule has 5 rings (SSSR count). The largest absolute Gasteiger partial charge is 0.341 e. The van der Waals surface area contributed by atoms with E-state index in [0.29, 0.717) is 23.9 Å². The van der Waals surface area contributed by atoms with Crippen molar-refractivity contribution in [3.63, 3.8) is 0 Å². The van der Waals surface area contributed by atoms with Crippen molar-refractivity contribution in [2.45, 2.75) is 33.4 Å². The third kappa shape index (κ3) is 3.70. The first-order chi connectivity index (χ1) is 15.5. The fraction of sp³-hybridized carbons (Fsp3) is 0.346. The van der Waals surface area contributed by atoms with Crippen molar-refractivity contribution >= 4 is 27.7 Å². The Morgan fingerprint density at radius 1 is 0.969 bits per heavy atom. The zero-order valence-corrected chi connectivity index (χ0v) is 18.6. The number of amides is 1. The molecule has 3 heterocycles. The zero-order valence-electron chi connectivity index (χ0n) is 18.6.